The predicted molar refractivity (Wildman–Crippen MR) is 157 cm³/mol. The highest BCUT2D eigenvalue weighted by Gasteiger charge is 2.26. The molecule has 0 amide bonds. The molecule has 1 saturated heterocycles. The normalized spacial score (nSPS) is 15.8. The van der Waals surface area contributed by atoms with Crippen LogP contribution in [-0.4, -0.2) is 64.9 Å². The van der Waals surface area contributed by atoms with Crippen molar-refractivity contribution >= 4 is 27.0 Å². The molecule has 4 rings (SSSR count). The Morgan fingerprint density at radius 2 is 1.57 bits per heavy atom. The van der Waals surface area contributed by atoms with E-state index in [0.717, 1.165) is 28.9 Å². The molecular formula is C29H39N3O6S2. The third-order valence-electron chi connectivity index (χ3n) is 6.97. The minimum Gasteiger partial charge on any atom is -0.493 e. The third kappa shape index (κ3) is 6.54. The number of aromatic nitrogens is 1. The lowest BCUT2D eigenvalue weighted by Gasteiger charge is -2.26. The van der Waals surface area contributed by atoms with E-state index in [1.165, 1.54) is 4.31 Å². The summed E-state index contributed by atoms with van der Waals surface area (Å²) in [5.74, 6) is 2.29. The Hall–Kier alpha value is -2.86. The molecule has 0 bridgehead atoms. The van der Waals surface area contributed by atoms with Gasteiger partial charge in [-0.1, -0.05) is 13.8 Å². The summed E-state index contributed by atoms with van der Waals surface area (Å²) in [6, 6.07) is 10.8. The van der Waals surface area contributed by atoms with Crippen LogP contribution in [0.3, 0.4) is 0 Å². The van der Waals surface area contributed by atoms with Gasteiger partial charge in [-0.2, -0.15) is 4.31 Å². The summed E-state index contributed by atoms with van der Waals surface area (Å²) in [5, 5.41) is 2.09. The summed E-state index contributed by atoms with van der Waals surface area (Å²) in [6.45, 7) is 8.20. The Morgan fingerprint density at radius 1 is 0.950 bits per heavy atom. The fourth-order valence-corrected chi connectivity index (χ4v) is 7.13. The number of thiazole rings is 1. The van der Waals surface area contributed by atoms with Crippen LogP contribution in [0.15, 0.2) is 51.7 Å². The summed E-state index contributed by atoms with van der Waals surface area (Å²) in [5.41, 5.74) is 2.60. The van der Waals surface area contributed by atoms with Gasteiger partial charge < -0.3 is 23.5 Å². The van der Waals surface area contributed by atoms with E-state index in [2.05, 4.69) is 30.7 Å². The molecule has 40 heavy (non-hydrogen) atoms. The molecule has 2 aromatic carbocycles. The molecular weight excluding hydrogens is 550 g/mol. The van der Waals surface area contributed by atoms with Crippen LogP contribution in [0.5, 0.6) is 17.2 Å². The minimum atomic E-state index is -3.56. The van der Waals surface area contributed by atoms with Crippen molar-refractivity contribution in [3.63, 3.8) is 0 Å². The summed E-state index contributed by atoms with van der Waals surface area (Å²) >= 11 is 1.54. The molecule has 218 valence electrons. The molecule has 0 radical (unpaired) electrons. The molecule has 0 N–H and O–H groups in total. The highest BCUT2D eigenvalue weighted by molar-refractivity contribution is 7.89. The van der Waals surface area contributed by atoms with Crippen LogP contribution in [-0.2, 0) is 14.8 Å². The van der Waals surface area contributed by atoms with Crippen molar-refractivity contribution < 1.29 is 27.4 Å². The molecule has 2 heterocycles. The molecule has 1 aliphatic heterocycles. The summed E-state index contributed by atoms with van der Waals surface area (Å²) in [7, 11) is 1.24. The van der Waals surface area contributed by atoms with Gasteiger partial charge in [0.25, 0.3) is 0 Å². The molecule has 9 nitrogen and oxygen atoms in total. The summed E-state index contributed by atoms with van der Waals surface area (Å²) in [4.78, 5) is 6.04. The third-order valence-corrected chi connectivity index (χ3v) is 9.73. The van der Waals surface area contributed by atoms with E-state index in [0.29, 0.717) is 55.2 Å². The quantitative estimate of drug-likeness (QED) is 0.294. The minimum absolute atomic E-state index is 0.169. The maximum absolute atomic E-state index is 13.0. The lowest BCUT2D eigenvalue weighted by atomic mass is 10.0. The highest BCUT2D eigenvalue weighted by atomic mass is 32.2. The Labute approximate surface area is 241 Å². The second-order valence-corrected chi connectivity index (χ2v) is 12.9. The average Bonchev–Trinajstić information content (AvgIpc) is 3.39. The number of hydrogen-bond acceptors (Lipinski definition) is 8. The highest BCUT2D eigenvalue weighted by Crippen LogP contribution is 2.42. The van der Waals surface area contributed by atoms with Crippen molar-refractivity contribution in [2.24, 2.45) is 10.9 Å². The van der Waals surface area contributed by atoms with Crippen LogP contribution >= 0.6 is 11.3 Å². The van der Waals surface area contributed by atoms with Crippen LogP contribution in [0.25, 0.3) is 11.3 Å². The Balaban J connectivity index is 1.76. The Morgan fingerprint density at radius 3 is 2.12 bits per heavy atom. The topological polar surface area (TPSA) is 91.6 Å². The Kier molecular flexibility index (Phi) is 9.94. The number of hydrogen-bond donors (Lipinski definition) is 0. The van der Waals surface area contributed by atoms with Gasteiger partial charge in [0.1, 0.15) is 0 Å². The van der Waals surface area contributed by atoms with E-state index in [9.17, 15) is 8.42 Å². The first-order valence-electron chi connectivity index (χ1n) is 13.4. The van der Waals surface area contributed by atoms with Crippen molar-refractivity contribution in [1.29, 1.82) is 0 Å². The first-order chi connectivity index (χ1) is 19.2. The average molecular weight is 590 g/mol. The SMILES string of the molecule is COc1cc(-c2csc(=Nc3ccc(S(=O)(=O)N4CCOCC4)cc3)n2C(C)CCC(C)C)cc(OC)c1OC. The van der Waals surface area contributed by atoms with Gasteiger partial charge in [-0.05, 0) is 62.1 Å². The van der Waals surface area contributed by atoms with Crippen LogP contribution in [0.4, 0.5) is 5.69 Å². The zero-order chi connectivity index (χ0) is 28.9. The molecule has 11 heteroatoms. The van der Waals surface area contributed by atoms with Gasteiger partial charge in [0.15, 0.2) is 16.3 Å². The molecule has 0 spiro atoms. The van der Waals surface area contributed by atoms with Gasteiger partial charge in [-0.3, -0.25) is 0 Å². The van der Waals surface area contributed by atoms with Crippen molar-refractivity contribution in [3.05, 3.63) is 46.6 Å². The fourth-order valence-electron chi connectivity index (χ4n) is 4.71. The lowest BCUT2D eigenvalue weighted by molar-refractivity contribution is 0.0730. The van der Waals surface area contributed by atoms with E-state index in [1.807, 2.05) is 12.1 Å². The predicted octanol–water partition coefficient (Wildman–Crippen LogP) is 5.49. The van der Waals surface area contributed by atoms with Crippen LogP contribution < -0.4 is 19.0 Å². The number of nitrogens with zero attached hydrogens (tertiary/aromatic N) is 3. The van der Waals surface area contributed by atoms with Gasteiger partial charge in [-0.15, -0.1) is 11.3 Å². The molecule has 1 atom stereocenters. The number of ether oxygens (including phenoxy) is 4. The van der Waals surface area contributed by atoms with Crippen molar-refractivity contribution in [2.75, 3.05) is 47.6 Å². The number of methoxy groups -OCH3 is 3. The van der Waals surface area contributed by atoms with Crippen LogP contribution in [0.1, 0.15) is 39.7 Å². The van der Waals surface area contributed by atoms with Gasteiger partial charge in [0.05, 0.1) is 50.8 Å². The van der Waals surface area contributed by atoms with Gasteiger partial charge in [0.2, 0.25) is 15.8 Å². The van der Waals surface area contributed by atoms with E-state index in [-0.39, 0.29) is 10.9 Å². The molecule has 0 aliphatic carbocycles. The molecule has 1 aliphatic rings. The van der Waals surface area contributed by atoms with E-state index < -0.39 is 10.0 Å². The van der Waals surface area contributed by atoms with Crippen molar-refractivity contribution in [3.8, 4) is 28.5 Å². The number of morpholine rings is 1. The maximum Gasteiger partial charge on any atom is 0.243 e. The summed E-state index contributed by atoms with van der Waals surface area (Å²) < 4.78 is 51.9. The standard InChI is InChI=1S/C29H39N3O6S2/c1-20(2)7-8-21(3)32-25(22-17-26(35-4)28(37-6)27(18-22)36-5)19-39-29(32)30-23-9-11-24(12-10-23)40(33,34)31-13-15-38-16-14-31/h9-12,17-21H,7-8,13-16H2,1-6H3. The molecule has 3 aromatic rings. The van der Waals surface area contributed by atoms with E-state index >= 15 is 0 Å². The van der Waals surface area contributed by atoms with Crippen LogP contribution in [0.2, 0.25) is 0 Å². The van der Waals surface area contributed by atoms with Crippen molar-refractivity contribution in [2.45, 2.75) is 44.6 Å². The lowest BCUT2D eigenvalue weighted by Crippen LogP contribution is -2.40. The monoisotopic (exact) mass is 589 g/mol. The largest absolute Gasteiger partial charge is 0.493 e. The molecule has 1 aromatic heterocycles. The summed E-state index contributed by atoms with van der Waals surface area (Å²) in [6.07, 6.45) is 2.06. The van der Waals surface area contributed by atoms with Gasteiger partial charge >= 0.3 is 0 Å². The first-order valence-corrected chi connectivity index (χ1v) is 15.7. The number of sulfonamides is 1. The van der Waals surface area contributed by atoms with Gasteiger partial charge in [0, 0.05) is 30.1 Å². The van der Waals surface area contributed by atoms with Gasteiger partial charge in [-0.25, -0.2) is 13.4 Å². The molecule has 0 saturated carbocycles. The second-order valence-electron chi connectivity index (χ2n) is 10.1. The van der Waals surface area contributed by atoms with Crippen molar-refractivity contribution in [1.82, 2.24) is 8.87 Å². The Bertz CT molecular complexity index is 1430. The molecule has 1 unspecified atom stereocenters. The zero-order valence-corrected chi connectivity index (χ0v) is 25.7. The maximum atomic E-state index is 13.0. The second kappa shape index (κ2) is 13.2. The fraction of sp³-hybridized carbons (Fsp3) is 0.483. The number of rotatable bonds is 11. The first kappa shape index (κ1) is 30.1. The number of benzene rings is 2. The smallest absolute Gasteiger partial charge is 0.243 e. The van der Waals surface area contributed by atoms with E-state index in [1.54, 1.807) is 56.9 Å². The molecule has 1 fully saturated rings. The zero-order valence-electron chi connectivity index (χ0n) is 24.0. The van der Waals surface area contributed by atoms with E-state index in [4.69, 9.17) is 23.9 Å². The van der Waals surface area contributed by atoms with Crippen LogP contribution in [0, 0.1) is 5.92 Å².